The van der Waals surface area contributed by atoms with Gasteiger partial charge in [0.1, 0.15) is 12.2 Å². The number of rotatable bonds is 4. The van der Waals surface area contributed by atoms with Crippen molar-refractivity contribution in [2.45, 2.75) is 6.42 Å². The second-order valence-electron chi connectivity index (χ2n) is 4.66. The van der Waals surface area contributed by atoms with E-state index >= 15 is 0 Å². The number of nitrogens with zero attached hydrogens (tertiary/aromatic N) is 4. The van der Waals surface area contributed by atoms with Crippen LogP contribution in [0.2, 0.25) is 5.02 Å². The van der Waals surface area contributed by atoms with Crippen molar-refractivity contribution >= 4 is 17.6 Å². The zero-order valence-corrected chi connectivity index (χ0v) is 12.3. The Kier molecular flexibility index (Phi) is 3.64. The second kappa shape index (κ2) is 5.61. The van der Waals surface area contributed by atoms with Crippen LogP contribution in [0.25, 0.3) is 22.8 Å². The summed E-state index contributed by atoms with van der Waals surface area (Å²) < 4.78 is 7.21. The number of aromatic nitrogens is 4. The van der Waals surface area contributed by atoms with Crippen LogP contribution in [0.1, 0.15) is 5.89 Å². The van der Waals surface area contributed by atoms with E-state index in [1.165, 1.54) is 0 Å². The Morgan fingerprint density at radius 2 is 2.09 bits per heavy atom. The molecule has 0 aliphatic carbocycles. The molecule has 0 saturated carbocycles. The van der Waals surface area contributed by atoms with Crippen LogP contribution in [-0.2, 0) is 18.3 Å². The summed E-state index contributed by atoms with van der Waals surface area (Å²) in [5.74, 6) is -0.0285. The summed E-state index contributed by atoms with van der Waals surface area (Å²) in [5.41, 5.74) is 1.41. The van der Waals surface area contributed by atoms with E-state index in [0.29, 0.717) is 10.6 Å². The molecule has 0 aliphatic heterocycles. The molecular formula is C14H11ClN4O3. The number of halogens is 1. The van der Waals surface area contributed by atoms with E-state index in [-0.39, 0.29) is 18.2 Å². The fraction of sp³-hybridized carbons (Fsp3) is 0.143. The molecule has 3 aromatic rings. The van der Waals surface area contributed by atoms with Crippen molar-refractivity contribution in [2.75, 3.05) is 0 Å². The molecule has 2 heterocycles. The van der Waals surface area contributed by atoms with Gasteiger partial charge in [0.15, 0.2) is 0 Å². The number of benzene rings is 1. The van der Waals surface area contributed by atoms with Gasteiger partial charge in [-0.1, -0.05) is 11.6 Å². The highest BCUT2D eigenvalue weighted by Gasteiger charge is 2.14. The number of aryl methyl sites for hydroxylation is 1. The molecule has 0 saturated heterocycles. The number of carbonyl (C=O) groups is 1. The van der Waals surface area contributed by atoms with Gasteiger partial charge in [-0.05, 0) is 18.2 Å². The molecule has 7 nitrogen and oxygen atoms in total. The number of imidazole rings is 1. The van der Waals surface area contributed by atoms with E-state index in [9.17, 15) is 4.79 Å². The molecule has 8 heteroatoms. The van der Waals surface area contributed by atoms with Gasteiger partial charge in [-0.2, -0.15) is 0 Å². The monoisotopic (exact) mass is 318 g/mol. The van der Waals surface area contributed by atoms with E-state index in [1.807, 2.05) is 23.9 Å². The smallest absolute Gasteiger partial charge is 0.312 e. The molecule has 112 valence electrons. The molecule has 0 unspecified atom stereocenters. The Morgan fingerprint density at radius 1 is 1.32 bits per heavy atom. The molecule has 0 spiro atoms. The fourth-order valence-corrected chi connectivity index (χ4v) is 2.29. The topological polar surface area (TPSA) is 94.0 Å². The van der Waals surface area contributed by atoms with Gasteiger partial charge >= 0.3 is 5.97 Å². The first-order chi connectivity index (χ1) is 10.5. The van der Waals surface area contributed by atoms with Crippen molar-refractivity contribution in [1.29, 1.82) is 0 Å². The number of aliphatic carboxylic acids is 1. The molecule has 0 atom stereocenters. The molecular weight excluding hydrogens is 308 g/mol. The molecule has 0 radical (unpaired) electrons. The lowest BCUT2D eigenvalue weighted by Crippen LogP contribution is -1.99. The highest BCUT2D eigenvalue weighted by atomic mass is 35.5. The van der Waals surface area contributed by atoms with Gasteiger partial charge in [0.25, 0.3) is 0 Å². The summed E-state index contributed by atoms with van der Waals surface area (Å²) in [6, 6.07) is 5.26. The van der Waals surface area contributed by atoms with Crippen molar-refractivity contribution in [3.05, 3.63) is 41.5 Å². The summed E-state index contributed by atoms with van der Waals surface area (Å²) in [4.78, 5) is 14.9. The van der Waals surface area contributed by atoms with E-state index in [0.717, 1.165) is 11.4 Å². The largest absolute Gasteiger partial charge is 0.481 e. The van der Waals surface area contributed by atoms with E-state index in [2.05, 4.69) is 15.2 Å². The zero-order valence-electron chi connectivity index (χ0n) is 11.5. The van der Waals surface area contributed by atoms with Crippen molar-refractivity contribution in [1.82, 2.24) is 19.7 Å². The van der Waals surface area contributed by atoms with Crippen molar-refractivity contribution < 1.29 is 14.3 Å². The van der Waals surface area contributed by atoms with Gasteiger partial charge < -0.3 is 14.1 Å². The van der Waals surface area contributed by atoms with Gasteiger partial charge in [0.05, 0.1) is 0 Å². The molecule has 0 fully saturated rings. The van der Waals surface area contributed by atoms with Crippen LogP contribution in [-0.4, -0.2) is 30.8 Å². The Bertz CT molecular complexity index is 840. The maximum atomic E-state index is 10.7. The third kappa shape index (κ3) is 2.84. The molecule has 1 N–H and O–H groups in total. The van der Waals surface area contributed by atoms with E-state index < -0.39 is 5.97 Å². The first-order valence-corrected chi connectivity index (χ1v) is 6.73. The number of carboxylic acids is 1. The third-order valence-corrected chi connectivity index (χ3v) is 3.21. The van der Waals surface area contributed by atoms with Gasteiger partial charge in [-0.25, -0.2) is 4.98 Å². The van der Waals surface area contributed by atoms with E-state index in [4.69, 9.17) is 21.1 Å². The Balaban J connectivity index is 2.01. The quantitative estimate of drug-likeness (QED) is 0.794. The lowest BCUT2D eigenvalue weighted by molar-refractivity contribution is -0.136. The maximum absolute atomic E-state index is 10.7. The van der Waals surface area contributed by atoms with Crippen LogP contribution in [0.3, 0.4) is 0 Å². The van der Waals surface area contributed by atoms with Crippen LogP contribution in [0, 0.1) is 0 Å². The fourth-order valence-electron chi connectivity index (χ4n) is 2.06. The normalized spacial score (nSPS) is 10.8. The molecule has 1 aromatic carbocycles. The Morgan fingerprint density at radius 3 is 2.77 bits per heavy atom. The predicted molar refractivity (Wildman–Crippen MR) is 78.3 cm³/mol. The summed E-state index contributed by atoms with van der Waals surface area (Å²) in [7, 11) is 1.88. The van der Waals surface area contributed by atoms with Crippen LogP contribution in [0.15, 0.2) is 35.0 Å². The molecule has 22 heavy (non-hydrogen) atoms. The maximum Gasteiger partial charge on any atom is 0.312 e. The average Bonchev–Trinajstić information content (AvgIpc) is 3.06. The highest BCUT2D eigenvalue weighted by Crippen LogP contribution is 2.28. The number of hydrogen-bond donors (Lipinski definition) is 1. The summed E-state index contributed by atoms with van der Waals surface area (Å²) in [6.07, 6.45) is 3.20. The van der Waals surface area contributed by atoms with Gasteiger partial charge in [-0.3, -0.25) is 4.79 Å². The summed E-state index contributed by atoms with van der Waals surface area (Å²) in [6.45, 7) is 0. The second-order valence-corrected chi connectivity index (χ2v) is 5.10. The van der Waals surface area contributed by atoms with Gasteiger partial charge in [-0.15, -0.1) is 10.2 Å². The minimum absolute atomic E-state index is 0.0426. The minimum atomic E-state index is -1.03. The first-order valence-electron chi connectivity index (χ1n) is 6.36. The molecule has 2 aromatic heterocycles. The van der Waals surface area contributed by atoms with Crippen molar-refractivity contribution in [3.8, 4) is 22.8 Å². The minimum Gasteiger partial charge on any atom is -0.481 e. The van der Waals surface area contributed by atoms with Crippen LogP contribution >= 0.6 is 11.6 Å². The lowest BCUT2D eigenvalue weighted by atomic mass is 10.1. The molecule has 3 rings (SSSR count). The molecule has 0 aliphatic rings. The first kappa shape index (κ1) is 14.3. The summed E-state index contributed by atoms with van der Waals surface area (Å²) in [5, 5.41) is 16.8. The molecule has 0 bridgehead atoms. The van der Waals surface area contributed by atoms with Crippen molar-refractivity contribution in [2.24, 2.45) is 7.05 Å². The zero-order chi connectivity index (χ0) is 15.7. The average molecular weight is 319 g/mol. The Labute approximate surface area is 130 Å². The standard InChI is InChI=1S/C14H11ClN4O3/c1-19-3-2-16-13(19)8-4-9(6-10(15)5-8)14-18-17-11(22-14)7-12(20)21/h2-6H,7H2,1H3,(H,20,21). The van der Waals surface area contributed by atoms with Gasteiger partial charge in [0.2, 0.25) is 11.8 Å². The summed E-state index contributed by atoms with van der Waals surface area (Å²) >= 11 is 6.14. The lowest BCUT2D eigenvalue weighted by Gasteiger charge is -2.04. The van der Waals surface area contributed by atoms with Crippen LogP contribution in [0.5, 0.6) is 0 Å². The number of carboxylic acid groups (broad SMARTS) is 1. The predicted octanol–water partition coefficient (Wildman–Crippen LogP) is 2.42. The van der Waals surface area contributed by atoms with Gasteiger partial charge in [0, 0.05) is 35.6 Å². The van der Waals surface area contributed by atoms with Crippen molar-refractivity contribution in [3.63, 3.8) is 0 Å². The van der Waals surface area contributed by atoms with E-state index in [1.54, 1.807) is 18.3 Å². The van der Waals surface area contributed by atoms with Crippen LogP contribution in [0.4, 0.5) is 0 Å². The molecule has 0 amide bonds. The third-order valence-electron chi connectivity index (χ3n) is 2.99. The SMILES string of the molecule is Cn1ccnc1-c1cc(Cl)cc(-c2nnc(CC(=O)O)o2)c1. The Hall–Kier alpha value is -2.67. The number of hydrogen-bond acceptors (Lipinski definition) is 5. The highest BCUT2D eigenvalue weighted by molar-refractivity contribution is 6.31. The van der Waals surface area contributed by atoms with Crippen LogP contribution < -0.4 is 0 Å².